The van der Waals surface area contributed by atoms with Gasteiger partial charge in [-0.3, -0.25) is 0 Å². The van der Waals surface area contributed by atoms with E-state index >= 15 is 0 Å². The van der Waals surface area contributed by atoms with Gasteiger partial charge in [0.2, 0.25) is 0 Å². The van der Waals surface area contributed by atoms with Gasteiger partial charge < -0.3 is 19.2 Å². The molecule has 1 N–H and O–H groups in total. The summed E-state index contributed by atoms with van der Waals surface area (Å²) in [5.41, 5.74) is 1.01. The van der Waals surface area contributed by atoms with Crippen LogP contribution in [0.15, 0.2) is 39.4 Å². The number of hydrogen-bond acceptors (Lipinski definition) is 4. The van der Waals surface area contributed by atoms with E-state index in [0.717, 1.165) is 27.3 Å². The smallest absolute Gasteiger partial charge is 0.139 e. The van der Waals surface area contributed by atoms with Crippen LogP contribution in [0, 0.1) is 0 Å². The van der Waals surface area contributed by atoms with E-state index in [-0.39, 0.29) is 6.04 Å². The van der Waals surface area contributed by atoms with Gasteiger partial charge in [-0.25, -0.2) is 0 Å². The summed E-state index contributed by atoms with van der Waals surface area (Å²) in [6.45, 7) is 0. The van der Waals surface area contributed by atoms with E-state index in [4.69, 9.17) is 13.9 Å². The van der Waals surface area contributed by atoms with E-state index in [1.807, 2.05) is 31.3 Å². The first-order valence-electron chi connectivity index (χ1n) is 5.82. The largest absolute Gasteiger partial charge is 0.497 e. The summed E-state index contributed by atoms with van der Waals surface area (Å²) >= 11 is 3.48. The number of rotatable bonds is 5. The maximum Gasteiger partial charge on any atom is 0.139 e. The average molecular weight is 326 g/mol. The monoisotopic (exact) mass is 325 g/mol. The van der Waals surface area contributed by atoms with Crippen molar-refractivity contribution in [2.75, 3.05) is 21.3 Å². The summed E-state index contributed by atoms with van der Waals surface area (Å²) in [5, 5.41) is 3.23. The Morgan fingerprint density at radius 2 is 1.79 bits per heavy atom. The molecule has 0 aliphatic rings. The molecule has 102 valence electrons. The molecule has 1 aromatic carbocycles. The van der Waals surface area contributed by atoms with Crippen LogP contribution >= 0.6 is 15.9 Å². The highest BCUT2D eigenvalue weighted by Crippen LogP contribution is 2.33. The molecule has 19 heavy (non-hydrogen) atoms. The van der Waals surface area contributed by atoms with Gasteiger partial charge in [0.15, 0.2) is 0 Å². The van der Waals surface area contributed by atoms with Gasteiger partial charge >= 0.3 is 0 Å². The molecule has 0 radical (unpaired) electrons. The van der Waals surface area contributed by atoms with Gasteiger partial charge in [-0.2, -0.15) is 0 Å². The molecule has 0 fully saturated rings. The van der Waals surface area contributed by atoms with Crippen molar-refractivity contribution in [3.8, 4) is 11.5 Å². The molecule has 0 saturated carbocycles. The van der Waals surface area contributed by atoms with Crippen LogP contribution in [0.5, 0.6) is 11.5 Å². The van der Waals surface area contributed by atoms with Crippen molar-refractivity contribution in [3.63, 3.8) is 0 Å². The van der Waals surface area contributed by atoms with E-state index in [0.29, 0.717) is 0 Å². The molecule has 1 aromatic heterocycles. The van der Waals surface area contributed by atoms with Crippen LogP contribution in [0.4, 0.5) is 0 Å². The van der Waals surface area contributed by atoms with E-state index in [1.54, 1.807) is 20.5 Å². The number of ether oxygens (including phenoxy) is 2. The third-order valence-corrected chi connectivity index (χ3v) is 3.56. The molecule has 2 aromatic rings. The fourth-order valence-electron chi connectivity index (χ4n) is 1.96. The number of nitrogens with one attached hydrogen (secondary N) is 1. The maximum atomic E-state index is 5.53. The topological polar surface area (TPSA) is 43.6 Å². The highest BCUT2D eigenvalue weighted by Gasteiger charge is 2.19. The van der Waals surface area contributed by atoms with Crippen LogP contribution in [-0.4, -0.2) is 21.3 Å². The fourth-order valence-corrected chi connectivity index (χ4v) is 2.39. The molecule has 1 atom stereocenters. The molecule has 0 aliphatic heterocycles. The molecule has 1 heterocycles. The lowest BCUT2D eigenvalue weighted by Gasteiger charge is -2.17. The summed E-state index contributed by atoms with van der Waals surface area (Å²) in [7, 11) is 5.15. The second-order valence-corrected chi connectivity index (χ2v) is 4.85. The van der Waals surface area contributed by atoms with Crippen molar-refractivity contribution >= 4 is 15.9 Å². The number of hydrogen-bond donors (Lipinski definition) is 1. The van der Waals surface area contributed by atoms with Crippen LogP contribution in [-0.2, 0) is 0 Å². The first-order valence-corrected chi connectivity index (χ1v) is 6.62. The summed E-state index contributed by atoms with van der Waals surface area (Å²) in [5.74, 6) is 2.31. The van der Waals surface area contributed by atoms with Crippen LogP contribution in [0.3, 0.4) is 0 Å². The summed E-state index contributed by atoms with van der Waals surface area (Å²) in [6.07, 6.45) is 1.65. The van der Waals surface area contributed by atoms with Gasteiger partial charge in [-0.05, 0) is 46.7 Å². The highest BCUT2D eigenvalue weighted by atomic mass is 79.9. The van der Waals surface area contributed by atoms with Crippen molar-refractivity contribution in [2.24, 2.45) is 0 Å². The molecule has 4 nitrogen and oxygen atoms in total. The zero-order chi connectivity index (χ0) is 13.8. The van der Waals surface area contributed by atoms with E-state index < -0.39 is 0 Å². The summed E-state index contributed by atoms with van der Waals surface area (Å²) in [6, 6.07) is 7.55. The minimum Gasteiger partial charge on any atom is -0.497 e. The quantitative estimate of drug-likeness (QED) is 0.915. The Morgan fingerprint density at radius 3 is 2.21 bits per heavy atom. The predicted octanol–water partition coefficient (Wildman–Crippen LogP) is 3.37. The first-order chi connectivity index (χ1) is 9.19. The lowest BCUT2D eigenvalue weighted by molar-refractivity contribution is 0.391. The Bertz CT molecular complexity index is 531. The molecule has 2 rings (SSSR count). The summed E-state index contributed by atoms with van der Waals surface area (Å²) < 4.78 is 17.0. The predicted molar refractivity (Wildman–Crippen MR) is 76.9 cm³/mol. The third-order valence-electron chi connectivity index (χ3n) is 2.90. The first kappa shape index (κ1) is 14.0. The Balaban J connectivity index is 2.46. The molecule has 5 heteroatoms. The Kier molecular flexibility index (Phi) is 4.50. The van der Waals surface area contributed by atoms with Gasteiger partial charge in [-0.1, -0.05) is 0 Å². The SMILES string of the molecule is CNC(c1cc(OC)cc(OC)c1)c1occc1Br. The van der Waals surface area contributed by atoms with Gasteiger partial charge in [-0.15, -0.1) is 0 Å². The molecule has 0 spiro atoms. The fraction of sp³-hybridized carbons (Fsp3) is 0.286. The normalized spacial score (nSPS) is 12.2. The standard InChI is InChI=1S/C14H16BrNO3/c1-16-13(14-12(15)4-5-19-14)9-6-10(17-2)8-11(7-9)18-3/h4-8,13,16H,1-3H3. The van der Waals surface area contributed by atoms with Crippen molar-refractivity contribution in [2.45, 2.75) is 6.04 Å². The number of benzene rings is 1. The summed E-state index contributed by atoms with van der Waals surface area (Å²) in [4.78, 5) is 0. The second kappa shape index (κ2) is 6.12. The maximum absolute atomic E-state index is 5.53. The number of furan rings is 1. The van der Waals surface area contributed by atoms with Crippen molar-refractivity contribution < 1.29 is 13.9 Å². The van der Waals surface area contributed by atoms with E-state index in [9.17, 15) is 0 Å². The van der Waals surface area contributed by atoms with E-state index in [2.05, 4.69) is 21.2 Å². The van der Waals surface area contributed by atoms with Crippen molar-refractivity contribution in [1.82, 2.24) is 5.32 Å². The average Bonchev–Trinajstić information content (AvgIpc) is 2.85. The lowest BCUT2D eigenvalue weighted by Crippen LogP contribution is -2.17. The van der Waals surface area contributed by atoms with Gasteiger partial charge in [0.05, 0.1) is 31.0 Å². The van der Waals surface area contributed by atoms with Crippen LogP contribution in [0.25, 0.3) is 0 Å². The molecule has 0 amide bonds. The molecule has 1 unspecified atom stereocenters. The number of methoxy groups -OCH3 is 2. The third kappa shape index (κ3) is 2.93. The zero-order valence-corrected chi connectivity index (χ0v) is 12.7. The molecule has 0 saturated heterocycles. The minimum atomic E-state index is -0.0756. The minimum absolute atomic E-state index is 0.0756. The lowest BCUT2D eigenvalue weighted by atomic mass is 10.0. The van der Waals surface area contributed by atoms with Gasteiger partial charge in [0, 0.05) is 6.07 Å². The molecular weight excluding hydrogens is 310 g/mol. The van der Waals surface area contributed by atoms with Crippen molar-refractivity contribution in [1.29, 1.82) is 0 Å². The highest BCUT2D eigenvalue weighted by molar-refractivity contribution is 9.10. The molecular formula is C14H16BrNO3. The van der Waals surface area contributed by atoms with E-state index in [1.165, 1.54) is 0 Å². The number of halogens is 1. The van der Waals surface area contributed by atoms with Crippen LogP contribution in [0.2, 0.25) is 0 Å². The second-order valence-electron chi connectivity index (χ2n) is 4.00. The Morgan fingerprint density at radius 1 is 1.16 bits per heavy atom. The van der Waals surface area contributed by atoms with Gasteiger partial charge in [0.25, 0.3) is 0 Å². The Labute approximate surface area is 120 Å². The zero-order valence-electron chi connectivity index (χ0n) is 11.1. The van der Waals surface area contributed by atoms with Gasteiger partial charge in [0.1, 0.15) is 17.3 Å². The molecule has 0 aliphatic carbocycles. The molecule has 0 bridgehead atoms. The van der Waals surface area contributed by atoms with Crippen LogP contribution < -0.4 is 14.8 Å². The van der Waals surface area contributed by atoms with Crippen LogP contribution in [0.1, 0.15) is 17.4 Å². The Hall–Kier alpha value is -1.46. The van der Waals surface area contributed by atoms with Crippen molar-refractivity contribution in [3.05, 3.63) is 46.3 Å².